The Morgan fingerprint density at radius 2 is 2.00 bits per heavy atom. The molecule has 2 aliphatic heterocycles. The Morgan fingerprint density at radius 3 is 2.74 bits per heavy atom. The maximum Gasteiger partial charge on any atom is 0.221 e. The number of hydrogen-bond acceptors (Lipinski definition) is 7. The average molecular weight is 425 g/mol. The molecule has 2 aromatic carbocycles. The van der Waals surface area contributed by atoms with Gasteiger partial charge in [0.25, 0.3) is 0 Å². The third-order valence-electron chi connectivity index (χ3n) is 5.91. The number of β-amino-alcohol motifs (C(OH)–C–C–N with tert-alkyl or cyclic N) is 1. The normalized spacial score (nSPS) is 18.0. The number of phenolic OH excluding ortho intramolecular Hbond substituents is 1. The molecule has 2 aromatic rings. The number of aromatic hydroxyl groups is 1. The zero-order valence-corrected chi connectivity index (χ0v) is 17.4. The molecule has 1 fully saturated rings. The van der Waals surface area contributed by atoms with Crippen LogP contribution in [0.1, 0.15) is 30.1 Å². The number of nitrogens with one attached hydrogen (secondary N) is 2. The summed E-state index contributed by atoms with van der Waals surface area (Å²) in [5.74, 6) is 0.102. The topological polar surface area (TPSA) is 111 Å². The highest BCUT2D eigenvalue weighted by atomic mass is 16.5. The fraction of sp³-hybridized carbons (Fsp3) is 0.391. The molecule has 0 saturated carbocycles. The predicted molar refractivity (Wildman–Crippen MR) is 117 cm³/mol. The molecule has 1 amide bonds. The Balaban J connectivity index is 1.51. The minimum Gasteiger partial charge on any atom is -0.508 e. The second-order valence-corrected chi connectivity index (χ2v) is 8.06. The highest BCUT2D eigenvalue weighted by molar-refractivity contribution is 6.14. The van der Waals surface area contributed by atoms with E-state index in [1.165, 1.54) is 25.1 Å². The fourth-order valence-corrected chi connectivity index (χ4v) is 4.49. The number of aliphatic hydroxyl groups is 1. The first kappa shape index (κ1) is 21.1. The van der Waals surface area contributed by atoms with Crippen LogP contribution >= 0.6 is 0 Å². The summed E-state index contributed by atoms with van der Waals surface area (Å²) in [6.45, 7) is 3.04. The zero-order chi connectivity index (χ0) is 22.0. The predicted octanol–water partition coefficient (Wildman–Crippen LogP) is 1.92. The first-order chi connectivity index (χ1) is 14.9. The summed E-state index contributed by atoms with van der Waals surface area (Å²) in [5, 5.41) is 26.5. The molecule has 0 unspecified atom stereocenters. The van der Waals surface area contributed by atoms with Crippen LogP contribution in [0.5, 0.6) is 11.5 Å². The van der Waals surface area contributed by atoms with Crippen LogP contribution in [0.4, 0.5) is 11.4 Å². The second-order valence-electron chi connectivity index (χ2n) is 8.06. The summed E-state index contributed by atoms with van der Waals surface area (Å²) in [6, 6.07) is 11.9. The number of nitrogens with zero attached hydrogens (tertiary/aromatic N) is 1. The molecule has 2 heterocycles. The molecule has 4 rings (SSSR count). The van der Waals surface area contributed by atoms with Gasteiger partial charge in [-0.1, -0.05) is 12.1 Å². The van der Waals surface area contributed by atoms with E-state index in [0.717, 1.165) is 18.8 Å². The van der Waals surface area contributed by atoms with Gasteiger partial charge in [0.2, 0.25) is 5.91 Å². The van der Waals surface area contributed by atoms with Gasteiger partial charge in [-0.3, -0.25) is 9.59 Å². The summed E-state index contributed by atoms with van der Waals surface area (Å²) in [7, 11) is 0. The van der Waals surface area contributed by atoms with Crippen molar-refractivity contribution in [2.75, 3.05) is 36.5 Å². The number of benzene rings is 2. The van der Waals surface area contributed by atoms with Gasteiger partial charge in [-0.05, 0) is 50.2 Å². The van der Waals surface area contributed by atoms with Crippen molar-refractivity contribution in [2.45, 2.75) is 31.4 Å². The van der Waals surface area contributed by atoms with Crippen molar-refractivity contribution in [3.63, 3.8) is 0 Å². The highest BCUT2D eigenvalue weighted by Crippen LogP contribution is 2.43. The molecule has 8 nitrogen and oxygen atoms in total. The Kier molecular flexibility index (Phi) is 5.84. The van der Waals surface area contributed by atoms with E-state index in [2.05, 4.69) is 10.6 Å². The lowest BCUT2D eigenvalue weighted by Gasteiger charge is -2.42. The summed E-state index contributed by atoms with van der Waals surface area (Å²) >= 11 is 0. The van der Waals surface area contributed by atoms with Crippen LogP contribution in [0.15, 0.2) is 42.5 Å². The number of anilines is 2. The van der Waals surface area contributed by atoms with Crippen LogP contribution in [-0.4, -0.2) is 59.8 Å². The molecule has 0 radical (unpaired) electrons. The van der Waals surface area contributed by atoms with E-state index < -0.39 is 11.6 Å². The largest absolute Gasteiger partial charge is 0.508 e. The standard InChI is InChI=1S/C23H27N3O5/c1-15(27)25-19-7-6-16(28)12-21(19)31-14-17(29)13-26-20-5-3-2-4-18(20)22(30)23(26)8-10-24-11-9-23/h2-7,12,17,24,28-29H,8-11,13-14H2,1H3,(H,25,27)/t17-/m0/s1. The number of para-hydroxylation sites is 1. The minimum absolute atomic E-state index is 0.00804. The molecule has 0 aromatic heterocycles. The number of amides is 1. The number of Topliss-reactive ketones (excluding diaryl/α,β-unsaturated/α-hetero) is 1. The van der Waals surface area contributed by atoms with Gasteiger partial charge in [0, 0.05) is 30.8 Å². The third kappa shape index (κ3) is 4.08. The lowest BCUT2D eigenvalue weighted by atomic mass is 9.83. The van der Waals surface area contributed by atoms with Gasteiger partial charge in [0.1, 0.15) is 29.7 Å². The first-order valence-corrected chi connectivity index (χ1v) is 10.4. The number of hydrogen-bond donors (Lipinski definition) is 4. The van der Waals surface area contributed by atoms with Crippen molar-refractivity contribution < 1.29 is 24.5 Å². The Morgan fingerprint density at radius 1 is 1.26 bits per heavy atom. The van der Waals surface area contributed by atoms with Crippen molar-refractivity contribution in [1.29, 1.82) is 0 Å². The van der Waals surface area contributed by atoms with E-state index in [-0.39, 0.29) is 36.3 Å². The number of phenols is 1. The molecule has 31 heavy (non-hydrogen) atoms. The fourth-order valence-electron chi connectivity index (χ4n) is 4.49. The van der Waals surface area contributed by atoms with Crippen LogP contribution in [0.2, 0.25) is 0 Å². The number of ketones is 1. The van der Waals surface area contributed by atoms with E-state index in [4.69, 9.17) is 4.74 Å². The van der Waals surface area contributed by atoms with Crippen molar-refractivity contribution in [3.8, 4) is 11.5 Å². The van der Waals surface area contributed by atoms with E-state index in [9.17, 15) is 19.8 Å². The van der Waals surface area contributed by atoms with Crippen LogP contribution in [0.3, 0.4) is 0 Å². The molecule has 1 spiro atoms. The molecule has 2 aliphatic rings. The number of carbonyl (C=O) groups excluding carboxylic acids is 2. The molecular formula is C23H27N3O5. The molecule has 0 aliphatic carbocycles. The van der Waals surface area contributed by atoms with Crippen LogP contribution in [0, 0.1) is 0 Å². The van der Waals surface area contributed by atoms with Crippen molar-refractivity contribution in [1.82, 2.24) is 5.32 Å². The number of aliphatic hydroxyl groups excluding tert-OH is 1. The Labute approximate surface area is 180 Å². The van der Waals surface area contributed by atoms with Gasteiger partial charge < -0.3 is 30.5 Å². The number of piperidine rings is 1. The van der Waals surface area contributed by atoms with Gasteiger partial charge >= 0.3 is 0 Å². The molecule has 1 atom stereocenters. The van der Waals surface area contributed by atoms with Crippen LogP contribution < -0.4 is 20.3 Å². The lowest BCUT2D eigenvalue weighted by molar-refractivity contribution is -0.114. The summed E-state index contributed by atoms with van der Waals surface area (Å²) in [5.41, 5.74) is 1.29. The second kappa shape index (κ2) is 8.56. The van der Waals surface area contributed by atoms with Gasteiger partial charge in [-0.25, -0.2) is 0 Å². The quantitative estimate of drug-likeness (QED) is 0.523. The number of fused-ring (bicyclic) bond motifs is 1. The van der Waals surface area contributed by atoms with Gasteiger partial charge in [-0.2, -0.15) is 0 Å². The van der Waals surface area contributed by atoms with E-state index in [0.29, 0.717) is 24.1 Å². The highest BCUT2D eigenvalue weighted by Gasteiger charge is 2.51. The van der Waals surface area contributed by atoms with Gasteiger partial charge in [-0.15, -0.1) is 0 Å². The van der Waals surface area contributed by atoms with Crippen molar-refractivity contribution in [2.24, 2.45) is 0 Å². The Hall–Kier alpha value is -3.10. The number of carbonyl (C=O) groups is 2. The molecular weight excluding hydrogens is 398 g/mol. The lowest BCUT2D eigenvalue weighted by Crippen LogP contribution is -2.58. The van der Waals surface area contributed by atoms with Crippen molar-refractivity contribution in [3.05, 3.63) is 48.0 Å². The van der Waals surface area contributed by atoms with E-state index in [1.807, 2.05) is 29.2 Å². The van der Waals surface area contributed by atoms with E-state index in [1.54, 1.807) is 0 Å². The zero-order valence-electron chi connectivity index (χ0n) is 17.4. The van der Waals surface area contributed by atoms with Crippen molar-refractivity contribution >= 4 is 23.1 Å². The SMILES string of the molecule is CC(=O)Nc1ccc(O)cc1OC[C@@H](O)CN1c2ccccc2C(=O)C12CCNCC2. The van der Waals surface area contributed by atoms with Gasteiger partial charge in [0.15, 0.2) is 5.78 Å². The smallest absolute Gasteiger partial charge is 0.221 e. The van der Waals surface area contributed by atoms with E-state index >= 15 is 0 Å². The maximum atomic E-state index is 13.3. The summed E-state index contributed by atoms with van der Waals surface area (Å²) in [4.78, 5) is 26.7. The maximum absolute atomic E-state index is 13.3. The number of ether oxygens (including phenoxy) is 1. The number of rotatable bonds is 6. The minimum atomic E-state index is -0.891. The van der Waals surface area contributed by atoms with Crippen LogP contribution in [-0.2, 0) is 4.79 Å². The van der Waals surface area contributed by atoms with Gasteiger partial charge in [0.05, 0.1) is 5.69 Å². The first-order valence-electron chi connectivity index (χ1n) is 10.4. The average Bonchev–Trinajstić information content (AvgIpc) is 2.97. The molecule has 8 heteroatoms. The molecule has 0 bridgehead atoms. The molecule has 4 N–H and O–H groups in total. The van der Waals surface area contributed by atoms with Crippen LogP contribution in [0.25, 0.3) is 0 Å². The summed E-state index contributed by atoms with van der Waals surface area (Å²) < 4.78 is 5.73. The third-order valence-corrected chi connectivity index (χ3v) is 5.91. The monoisotopic (exact) mass is 425 g/mol. The molecule has 1 saturated heterocycles. The summed E-state index contributed by atoms with van der Waals surface area (Å²) in [6.07, 6.45) is 0.457. The molecule has 164 valence electrons. The Bertz CT molecular complexity index is 987.